The lowest BCUT2D eigenvalue weighted by Gasteiger charge is -2.17. The van der Waals surface area contributed by atoms with Gasteiger partial charge in [-0.25, -0.2) is 0 Å². The molecule has 0 bridgehead atoms. The molecular formula is C5H11NO3S. The highest BCUT2D eigenvalue weighted by atomic mass is 32.1. The molecule has 5 heteroatoms. The van der Waals surface area contributed by atoms with Crippen LogP contribution in [0.25, 0.3) is 0 Å². The molecule has 0 fully saturated rings. The van der Waals surface area contributed by atoms with Crippen LogP contribution in [0.15, 0.2) is 0 Å². The fourth-order valence-electron chi connectivity index (χ4n) is 0.504. The first-order valence-electron chi connectivity index (χ1n) is 2.76. The molecule has 0 saturated carbocycles. The number of thiol groups is 1. The van der Waals surface area contributed by atoms with Gasteiger partial charge in [0, 0.05) is 6.42 Å². The summed E-state index contributed by atoms with van der Waals surface area (Å²) in [5.74, 6) is -1.13. The predicted molar refractivity (Wildman–Crippen MR) is 39.8 cm³/mol. The number of aliphatic carboxylic acids is 1. The van der Waals surface area contributed by atoms with E-state index in [4.69, 9.17) is 15.9 Å². The van der Waals surface area contributed by atoms with E-state index in [0.29, 0.717) is 0 Å². The molecule has 0 radical (unpaired) electrons. The van der Waals surface area contributed by atoms with Gasteiger partial charge in [-0.3, -0.25) is 4.79 Å². The summed E-state index contributed by atoms with van der Waals surface area (Å²) in [7, 11) is 0. The Morgan fingerprint density at radius 3 is 2.40 bits per heavy atom. The van der Waals surface area contributed by atoms with Crippen LogP contribution in [-0.4, -0.2) is 27.2 Å². The van der Waals surface area contributed by atoms with E-state index in [-0.39, 0.29) is 6.42 Å². The van der Waals surface area contributed by atoms with Gasteiger partial charge in [-0.15, -0.1) is 12.6 Å². The van der Waals surface area contributed by atoms with Crippen LogP contribution >= 0.6 is 12.6 Å². The largest absolute Gasteiger partial charge is 0.480 e. The first-order valence-corrected chi connectivity index (χ1v) is 3.21. The molecule has 0 spiro atoms. The maximum atomic E-state index is 10.1. The molecule has 4 N–H and O–H groups in total. The average Bonchev–Trinajstić information content (AvgIpc) is 1.60. The van der Waals surface area contributed by atoms with E-state index < -0.39 is 16.9 Å². The second kappa shape index (κ2) is 3.23. The van der Waals surface area contributed by atoms with Gasteiger partial charge in [-0.1, -0.05) is 0 Å². The number of rotatable bonds is 3. The summed E-state index contributed by atoms with van der Waals surface area (Å²) < 4.78 is 0. The molecule has 0 aliphatic rings. The zero-order valence-electron chi connectivity index (χ0n) is 5.61. The second-order valence-electron chi connectivity index (χ2n) is 2.37. The van der Waals surface area contributed by atoms with Crippen LogP contribution in [0.5, 0.6) is 0 Å². The quantitative estimate of drug-likeness (QED) is 0.333. The molecule has 2 atom stereocenters. The summed E-state index contributed by atoms with van der Waals surface area (Å²) in [5.41, 5.74) is 5.09. The van der Waals surface area contributed by atoms with Crippen molar-refractivity contribution < 1.29 is 15.0 Å². The van der Waals surface area contributed by atoms with Gasteiger partial charge in [-0.05, 0) is 6.92 Å². The summed E-state index contributed by atoms with van der Waals surface area (Å²) >= 11 is 3.70. The molecule has 2 unspecified atom stereocenters. The lowest BCUT2D eigenvalue weighted by atomic mass is 10.1. The SMILES string of the molecule is CC(O)(S)CC(N)C(=O)O. The maximum Gasteiger partial charge on any atom is 0.320 e. The zero-order chi connectivity index (χ0) is 8.36. The lowest BCUT2D eigenvalue weighted by Crippen LogP contribution is -2.36. The van der Waals surface area contributed by atoms with E-state index in [0.717, 1.165) is 0 Å². The molecule has 0 amide bonds. The van der Waals surface area contributed by atoms with E-state index in [9.17, 15) is 4.79 Å². The second-order valence-corrected chi connectivity index (χ2v) is 3.33. The number of hydrogen-bond acceptors (Lipinski definition) is 4. The predicted octanol–water partition coefficient (Wildman–Crippen LogP) is -0.573. The van der Waals surface area contributed by atoms with Gasteiger partial charge in [0.1, 0.15) is 11.0 Å². The van der Waals surface area contributed by atoms with Crippen molar-refractivity contribution in [2.75, 3.05) is 0 Å². The molecule has 0 heterocycles. The number of carboxylic acids is 1. The topological polar surface area (TPSA) is 83.5 Å². The van der Waals surface area contributed by atoms with Crippen molar-refractivity contribution in [1.82, 2.24) is 0 Å². The van der Waals surface area contributed by atoms with Crippen LogP contribution in [-0.2, 0) is 4.79 Å². The van der Waals surface area contributed by atoms with Crippen LogP contribution in [0.3, 0.4) is 0 Å². The number of nitrogens with two attached hydrogens (primary N) is 1. The molecule has 4 nitrogen and oxygen atoms in total. The zero-order valence-corrected chi connectivity index (χ0v) is 6.51. The van der Waals surface area contributed by atoms with Gasteiger partial charge in [0.15, 0.2) is 0 Å². The van der Waals surface area contributed by atoms with Crippen LogP contribution in [0.2, 0.25) is 0 Å². The van der Waals surface area contributed by atoms with Gasteiger partial charge in [0.25, 0.3) is 0 Å². The Labute approximate surface area is 64.4 Å². The molecule has 0 saturated heterocycles. The van der Waals surface area contributed by atoms with E-state index in [2.05, 4.69) is 12.6 Å². The van der Waals surface area contributed by atoms with Gasteiger partial charge in [0.2, 0.25) is 0 Å². The molecule has 0 aromatic rings. The first kappa shape index (κ1) is 9.74. The van der Waals surface area contributed by atoms with Crippen molar-refractivity contribution in [3.05, 3.63) is 0 Å². The molecule has 10 heavy (non-hydrogen) atoms. The van der Waals surface area contributed by atoms with Gasteiger partial charge in [-0.2, -0.15) is 0 Å². The van der Waals surface area contributed by atoms with Gasteiger partial charge in [0.05, 0.1) is 0 Å². The van der Waals surface area contributed by atoms with Crippen molar-refractivity contribution in [3.8, 4) is 0 Å². The van der Waals surface area contributed by atoms with Gasteiger partial charge < -0.3 is 15.9 Å². The fraction of sp³-hybridized carbons (Fsp3) is 0.800. The molecule has 0 aliphatic heterocycles. The maximum absolute atomic E-state index is 10.1. The first-order chi connectivity index (χ1) is 4.33. The van der Waals surface area contributed by atoms with Crippen molar-refractivity contribution in [2.24, 2.45) is 5.73 Å². The van der Waals surface area contributed by atoms with E-state index in [1.807, 2.05) is 0 Å². The number of hydrogen-bond donors (Lipinski definition) is 4. The third-order valence-corrected chi connectivity index (χ3v) is 1.11. The average molecular weight is 165 g/mol. The van der Waals surface area contributed by atoms with Crippen molar-refractivity contribution in [3.63, 3.8) is 0 Å². The summed E-state index contributed by atoms with van der Waals surface area (Å²) in [5, 5.41) is 17.2. The summed E-state index contributed by atoms with van der Waals surface area (Å²) in [6, 6.07) is -1.05. The monoisotopic (exact) mass is 165 g/mol. The van der Waals surface area contributed by atoms with E-state index in [1.165, 1.54) is 6.92 Å². The summed E-state index contributed by atoms with van der Waals surface area (Å²) in [6.45, 7) is 1.39. The van der Waals surface area contributed by atoms with E-state index in [1.54, 1.807) is 0 Å². The molecule has 0 aromatic carbocycles. The van der Waals surface area contributed by atoms with Gasteiger partial charge >= 0.3 is 5.97 Å². The highest BCUT2D eigenvalue weighted by molar-refractivity contribution is 7.81. The third-order valence-electron chi connectivity index (χ3n) is 0.924. The molecule has 60 valence electrons. The Morgan fingerprint density at radius 2 is 2.30 bits per heavy atom. The Bertz CT molecular complexity index is 131. The van der Waals surface area contributed by atoms with Crippen molar-refractivity contribution in [2.45, 2.75) is 24.3 Å². The molecule has 0 rings (SSSR count). The Hall–Kier alpha value is -0.260. The Morgan fingerprint density at radius 1 is 1.90 bits per heavy atom. The smallest absolute Gasteiger partial charge is 0.320 e. The minimum atomic E-state index is -1.31. The highest BCUT2D eigenvalue weighted by Gasteiger charge is 2.22. The third kappa shape index (κ3) is 4.60. The standard InChI is InChI=1S/C5H11NO3S/c1-5(9,10)2-3(6)4(7)8/h3,9-10H,2,6H2,1H3,(H,7,8). The Balaban J connectivity index is 3.80. The van der Waals surface area contributed by atoms with Crippen LogP contribution in [0.1, 0.15) is 13.3 Å². The molecule has 0 aromatic heterocycles. The lowest BCUT2D eigenvalue weighted by molar-refractivity contribution is -0.139. The van der Waals surface area contributed by atoms with Crippen molar-refractivity contribution >= 4 is 18.6 Å². The fourth-order valence-corrected chi connectivity index (χ4v) is 0.701. The van der Waals surface area contributed by atoms with Crippen LogP contribution < -0.4 is 5.73 Å². The normalized spacial score (nSPS) is 19.6. The van der Waals surface area contributed by atoms with Crippen LogP contribution in [0, 0.1) is 0 Å². The minimum absolute atomic E-state index is 0.0640. The number of aliphatic hydroxyl groups is 1. The number of carbonyl (C=O) groups is 1. The summed E-state index contributed by atoms with van der Waals surface area (Å²) in [6.07, 6.45) is -0.0640. The number of carboxylic acid groups (broad SMARTS) is 1. The summed E-state index contributed by atoms with van der Waals surface area (Å²) in [4.78, 5) is 8.80. The van der Waals surface area contributed by atoms with E-state index >= 15 is 0 Å². The van der Waals surface area contributed by atoms with Crippen molar-refractivity contribution in [1.29, 1.82) is 0 Å². The molecular weight excluding hydrogens is 154 g/mol. The Kier molecular flexibility index (Phi) is 3.14. The van der Waals surface area contributed by atoms with Crippen LogP contribution in [0.4, 0.5) is 0 Å². The highest BCUT2D eigenvalue weighted by Crippen LogP contribution is 2.14. The molecule has 0 aliphatic carbocycles. The minimum Gasteiger partial charge on any atom is -0.480 e.